The summed E-state index contributed by atoms with van der Waals surface area (Å²) in [6.07, 6.45) is 2.54. The molecule has 0 atom stereocenters. The van der Waals surface area contributed by atoms with Crippen molar-refractivity contribution in [3.63, 3.8) is 0 Å². The molecule has 0 unspecified atom stereocenters. The Hall–Kier alpha value is -2.37. The van der Waals surface area contributed by atoms with Gasteiger partial charge in [0.2, 0.25) is 11.8 Å². The minimum absolute atomic E-state index is 0.0425. The van der Waals surface area contributed by atoms with Crippen LogP contribution >= 0.6 is 0 Å². The number of nitrogens with zero attached hydrogens (tertiary/aromatic N) is 3. The van der Waals surface area contributed by atoms with Crippen LogP contribution in [0.5, 0.6) is 0 Å². The maximum Gasteiger partial charge on any atom is 0.226 e. The minimum Gasteiger partial charge on any atom is -0.378 e. The van der Waals surface area contributed by atoms with Gasteiger partial charge < -0.3 is 14.7 Å². The molecule has 0 radical (unpaired) electrons. The molecule has 0 spiro atoms. The van der Waals surface area contributed by atoms with Crippen molar-refractivity contribution >= 4 is 11.6 Å². The highest BCUT2D eigenvalue weighted by Gasteiger charge is 2.06. The summed E-state index contributed by atoms with van der Waals surface area (Å²) >= 11 is 0. The first kappa shape index (κ1) is 17.0. The highest BCUT2D eigenvalue weighted by molar-refractivity contribution is 5.76. The number of amides is 1. The molecule has 1 aromatic carbocycles. The van der Waals surface area contributed by atoms with Gasteiger partial charge in [0.05, 0.1) is 0 Å². The molecular formula is C17H24N4O2. The van der Waals surface area contributed by atoms with Gasteiger partial charge in [-0.05, 0) is 24.1 Å². The Bertz CT molecular complexity index is 620. The van der Waals surface area contributed by atoms with Gasteiger partial charge in [-0.1, -0.05) is 24.2 Å². The summed E-state index contributed by atoms with van der Waals surface area (Å²) in [5.41, 5.74) is 2.32. The summed E-state index contributed by atoms with van der Waals surface area (Å²) in [5.74, 6) is 1.31. The van der Waals surface area contributed by atoms with E-state index in [4.69, 9.17) is 4.52 Å². The maximum absolute atomic E-state index is 11.9. The fraction of sp³-hybridized carbons (Fsp3) is 0.471. The molecule has 6 heteroatoms. The van der Waals surface area contributed by atoms with Crippen LogP contribution in [-0.4, -0.2) is 36.7 Å². The second kappa shape index (κ2) is 8.31. The van der Waals surface area contributed by atoms with E-state index in [2.05, 4.69) is 44.6 Å². The Labute approximate surface area is 136 Å². The predicted molar refractivity (Wildman–Crippen MR) is 89.5 cm³/mol. The van der Waals surface area contributed by atoms with Crippen LogP contribution in [0.2, 0.25) is 0 Å². The van der Waals surface area contributed by atoms with Crippen LogP contribution in [0.4, 0.5) is 5.69 Å². The van der Waals surface area contributed by atoms with Crippen LogP contribution < -0.4 is 10.2 Å². The van der Waals surface area contributed by atoms with Crippen molar-refractivity contribution in [2.75, 3.05) is 25.5 Å². The molecule has 0 saturated carbocycles. The van der Waals surface area contributed by atoms with Crippen molar-refractivity contribution in [2.24, 2.45) is 0 Å². The van der Waals surface area contributed by atoms with E-state index in [0.29, 0.717) is 31.1 Å². The number of anilines is 1. The molecule has 2 aromatic rings. The van der Waals surface area contributed by atoms with Crippen molar-refractivity contribution in [3.05, 3.63) is 41.5 Å². The fourth-order valence-electron chi connectivity index (χ4n) is 2.16. The molecule has 1 heterocycles. The first-order valence-corrected chi connectivity index (χ1v) is 7.93. The third-order valence-corrected chi connectivity index (χ3v) is 3.58. The number of carbonyl (C=O) groups excluding carboxylic acids is 1. The van der Waals surface area contributed by atoms with E-state index in [9.17, 15) is 4.79 Å². The molecule has 1 amide bonds. The maximum atomic E-state index is 11.9. The largest absolute Gasteiger partial charge is 0.378 e. The van der Waals surface area contributed by atoms with Gasteiger partial charge in [-0.3, -0.25) is 4.79 Å². The molecule has 23 heavy (non-hydrogen) atoms. The molecule has 0 aliphatic carbocycles. The Kier molecular flexibility index (Phi) is 6.14. The lowest BCUT2D eigenvalue weighted by molar-refractivity contribution is -0.121. The smallest absolute Gasteiger partial charge is 0.226 e. The average Bonchev–Trinajstić information content (AvgIpc) is 3.01. The molecule has 6 nitrogen and oxygen atoms in total. The number of hydrogen-bond acceptors (Lipinski definition) is 5. The first-order valence-electron chi connectivity index (χ1n) is 7.93. The van der Waals surface area contributed by atoms with Gasteiger partial charge in [0.25, 0.3) is 0 Å². The van der Waals surface area contributed by atoms with E-state index in [0.717, 1.165) is 24.1 Å². The second-order valence-electron chi connectivity index (χ2n) is 5.62. The van der Waals surface area contributed by atoms with Crippen LogP contribution in [0, 0.1) is 0 Å². The second-order valence-corrected chi connectivity index (χ2v) is 5.62. The Morgan fingerprint density at radius 2 is 1.96 bits per heavy atom. The molecule has 0 bridgehead atoms. The van der Waals surface area contributed by atoms with E-state index in [1.54, 1.807) is 0 Å². The Morgan fingerprint density at radius 1 is 1.22 bits per heavy atom. The monoisotopic (exact) mass is 316 g/mol. The number of nitrogens with one attached hydrogen (secondary N) is 1. The van der Waals surface area contributed by atoms with Gasteiger partial charge in [0.1, 0.15) is 0 Å². The van der Waals surface area contributed by atoms with Crippen molar-refractivity contribution < 1.29 is 9.32 Å². The number of hydrogen-bond donors (Lipinski definition) is 1. The van der Waals surface area contributed by atoms with E-state index < -0.39 is 0 Å². The van der Waals surface area contributed by atoms with Crippen LogP contribution in [0.1, 0.15) is 30.6 Å². The zero-order valence-corrected chi connectivity index (χ0v) is 14.0. The number of aromatic nitrogens is 2. The zero-order chi connectivity index (χ0) is 16.7. The topological polar surface area (TPSA) is 71.3 Å². The Morgan fingerprint density at radius 3 is 2.57 bits per heavy atom. The van der Waals surface area contributed by atoms with Crippen LogP contribution in [0.15, 0.2) is 28.8 Å². The quantitative estimate of drug-likeness (QED) is 0.806. The summed E-state index contributed by atoms with van der Waals surface area (Å²) in [6, 6.07) is 8.26. The lowest BCUT2D eigenvalue weighted by Gasteiger charge is -2.12. The van der Waals surface area contributed by atoms with Gasteiger partial charge in [0, 0.05) is 45.6 Å². The normalized spacial score (nSPS) is 10.6. The van der Waals surface area contributed by atoms with E-state index in [1.807, 2.05) is 21.0 Å². The summed E-state index contributed by atoms with van der Waals surface area (Å²) in [6.45, 7) is 2.49. The summed E-state index contributed by atoms with van der Waals surface area (Å²) < 4.78 is 5.03. The number of benzene rings is 1. The Balaban J connectivity index is 1.68. The van der Waals surface area contributed by atoms with E-state index >= 15 is 0 Å². The average molecular weight is 316 g/mol. The molecule has 124 valence electrons. The standard InChI is InChI=1S/C17H24N4O2/c1-4-17-19-15(20-23-17)11-12-18-16(22)10-7-13-5-8-14(9-6-13)21(2)3/h5-6,8-9H,4,7,10-12H2,1-3H3,(H,18,22). The van der Waals surface area contributed by atoms with Crippen molar-refractivity contribution in [1.82, 2.24) is 15.5 Å². The molecule has 1 aromatic heterocycles. The summed E-state index contributed by atoms with van der Waals surface area (Å²) in [4.78, 5) is 18.1. The molecule has 1 N–H and O–H groups in total. The van der Waals surface area contributed by atoms with Crippen molar-refractivity contribution in [3.8, 4) is 0 Å². The lowest BCUT2D eigenvalue weighted by atomic mass is 10.1. The highest BCUT2D eigenvalue weighted by Crippen LogP contribution is 2.13. The molecule has 0 aliphatic heterocycles. The fourth-order valence-corrected chi connectivity index (χ4v) is 2.16. The first-order chi connectivity index (χ1) is 11.1. The lowest BCUT2D eigenvalue weighted by Crippen LogP contribution is -2.26. The third-order valence-electron chi connectivity index (χ3n) is 3.58. The van der Waals surface area contributed by atoms with Gasteiger partial charge in [-0.15, -0.1) is 0 Å². The summed E-state index contributed by atoms with van der Waals surface area (Å²) in [7, 11) is 4.02. The van der Waals surface area contributed by atoms with Gasteiger partial charge in [-0.25, -0.2) is 0 Å². The van der Waals surface area contributed by atoms with Crippen LogP contribution in [0.25, 0.3) is 0 Å². The van der Waals surface area contributed by atoms with Crippen molar-refractivity contribution in [2.45, 2.75) is 32.6 Å². The zero-order valence-electron chi connectivity index (χ0n) is 14.0. The predicted octanol–water partition coefficient (Wildman–Crippen LogP) is 1.99. The number of aryl methyl sites for hydroxylation is 2. The molecule has 2 rings (SSSR count). The van der Waals surface area contributed by atoms with Crippen LogP contribution in [-0.2, 0) is 24.1 Å². The molecule has 0 fully saturated rings. The van der Waals surface area contributed by atoms with Crippen LogP contribution in [0.3, 0.4) is 0 Å². The molecular weight excluding hydrogens is 292 g/mol. The third kappa shape index (κ3) is 5.39. The van der Waals surface area contributed by atoms with Crippen molar-refractivity contribution in [1.29, 1.82) is 0 Å². The molecule has 0 aliphatic rings. The van der Waals surface area contributed by atoms with Gasteiger partial charge >= 0.3 is 0 Å². The van der Waals surface area contributed by atoms with Gasteiger partial charge in [-0.2, -0.15) is 4.98 Å². The molecule has 0 saturated heterocycles. The van der Waals surface area contributed by atoms with E-state index in [1.165, 1.54) is 0 Å². The number of rotatable bonds is 8. The van der Waals surface area contributed by atoms with Gasteiger partial charge in [0.15, 0.2) is 5.82 Å². The number of carbonyl (C=O) groups is 1. The highest BCUT2D eigenvalue weighted by atomic mass is 16.5. The van der Waals surface area contributed by atoms with E-state index in [-0.39, 0.29) is 5.91 Å². The minimum atomic E-state index is 0.0425. The SMILES string of the molecule is CCc1nc(CCNC(=O)CCc2ccc(N(C)C)cc2)no1. The summed E-state index contributed by atoms with van der Waals surface area (Å²) in [5, 5.41) is 6.75.